The van der Waals surface area contributed by atoms with E-state index in [1.54, 1.807) is 0 Å². The Hall–Kier alpha value is -1.06. The van der Waals surface area contributed by atoms with E-state index in [0.717, 1.165) is 19.6 Å². The highest BCUT2D eigenvalue weighted by Crippen LogP contribution is 2.21. The summed E-state index contributed by atoms with van der Waals surface area (Å²) in [5.74, 6) is 0. The van der Waals surface area contributed by atoms with Crippen molar-refractivity contribution in [2.24, 2.45) is 0 Å². The molecule has 0 aromatic heterocycles. The molecule has 0 spiro atoms. The van der Waals surface area contributed by atoms with Gasteiger partial charge in [-0.05, 0) is 51.1 Å². The lowest BCUT2D eigenvalue weighted by Gasteiger charge is -2.38. The molecule has 3 heteroatoms. The molecule has 2 rings (SSSR count). The molecule has 1 aromatic rings. The third kappa shape index (κ3) is 3.48. The van der Waals surface area contributed by atoms with Crippen molar-refractivity contribution in [2.45, 2.75) is 33.4 Å². The number of anilines is 1. The Balaban J connectivity index is 2.01. The van der Waals surface area contributed by atoms with Crippen molar-refractivity contribution in [3.63, 3.8) is 0 Å². The summed E-state index contributed by atoms with van der Waals surface area (Å²) in [4.78, 5) is 5.06. The van der Waals surface area contributed by atoms with E-state index in [9.17, 15) is 0 Å². The van der Waals surface area contributed by atoms with E-state index >= 15 is 0 Å². The van der Waals surface area contributed by atoms with Gasteiger partial charge in [-0.15, -0.1) is 0 Å². The number of aryl methyl sites for hydroxylation is 1. The second-order valence-corrected chi connectivity index (χ2v) is 5.76. The smallest absolute Gasteiger partial charge is 0.0369 e. The zero-order valence-corrected chi connectivity index (χ0v) is 12.7. The van der Waals surface area contributed by atoms with E-state index in [2.05, 4.69) is 54.1 Å². The minimum atomic E-state index is 0.668. The summed E-state index contributed by atoms with van der Waals surface area (Å²) in [5.41, 5.74) is 4.16. The third-order valence-corrected chi connectivity index (χ3v) is 4.10. The van der Waals surface area contributed by atoms with Crippen molar-refractivity contribution in [3.8, 4) is 0 Å². The van der Waals surface area contributed by atoms with Gasteiger partial charge in [-0.1, -0.05) is 6.07 Å². The van der Waals surface area contributed by atoms with Crippen molar-refractivity contribution in [1.82, 2.24) is 10.2 Å². The van der Waals surface area contributed by atoms with Crippen LogP contribution in [0.4, 0.5) is 5.69 Å². The van der Waals surface area contributed by atoms with Gasteiger partial charge in [-0.25, -0.2) is 0 Å². The molecular weight excluding hydrogens is 234 g/mol. The van der Waals surface area contributed by atoms with Crippen LogP contribution in [0.15, 0.2) is 18.2 Å². The van der Waals surface area contributed by atoms with Gasteiger partial charge in [0.2, 0.25) is 0 Å². The highest BCUT2D eigenvalue weighted by Gasteiger charge is 2.19. The van der Waals surface area contributed by atoms with Gasteiger partial charge in [0.05, 0.1) is 0 Å². The topological polar surface area (TPSA) is 18.5 Å². The molecule has 0 saturated carbocycles. The van der Waals surface area contributed by atoms with Gasteiger partial charge in [0.15, 0.2) is 0 Å². The molecular formula is C16H27N3. The summed E-state index contributed by atoms with van der Waals surface area (Å²) in [6.45, 7) is 12.4. The lowest BCUT2D eigenvalue weighted by molar-refractivity contribution is 0.209. The highest BCUT2D eigenvalue weighted by atomic mass is 15.3. The molecule has 1 fully saturated rings. The Labute approximate surface area is 117 Å². The average molecular weight is 261 g/mol. The van der Waals surface area contributed by atoms with Gasteiger partial charge in [-0.2, -0.15) is 0 Å². The molecule has 1 saturated heterocycles. The van der Waals surface area contributed by atoms with Crippen LogP contribution in [0, 0.1) is 6.92 Å². The Morgan fingerprint density at radius 2 is 1.84 bits per heavy atom. The number of hydrogen-bond donors (Lipinski definition) is 1. The van der Waals surface area contributed by atoms with Crippen LogP contribution in [0.5, 0.6) is 0 Å². The minimum absolute atomic E-state index is 0.668. The first-order chi connectivity index (χ1) is 9.11. The maximum absolute atomic E-state index is 3.22. The molecule has 0 amide bonds. The summed E-state index contributed by atoms with van der Waals surface area (Å²) in [7, 11) is 2.00. The predicted molar refractivity (Wildman–Crippen MR) is 82.9 cm³/mol. The molecule has 1 aliphatic rings. The number of nitrogens with zero attached hydrogens (tertiary/aromatic N) is 2. The van der Waals surface area contributed by atoms with Crippen LogP contribution in [-0.4, -0.2) is 44.2 Å². The van der Waals surface area contributed by atoms with Crippen LogP contribution >= 0.6 is 0 Å². The van der Waals surface area contributed by atoms with Gasteiger partial charge in [0.1, 0.15) is 0 Å². The van der Waals surface area contributed by atoms with Crippen molar-refractivity contribution in [1.29, 1.82) is 0 Å². The fourth-order valence-corrected chi connectivity index (χ4v) is 2.76. The first-order valence-electron chi connectivity index (χ1n) is 7.35. The lowest BCUT2D eigenvalue weighted by Crippen LogP contribution is -2.48. The highest BCUT2D eigenvalue weighted by molar-refractivity contribution is 5.51. The van der Waals surface area contributed by atoms with Crippen molar-refractivity contribution in [2.75, 3.05) is 38.1 Å². The quantitative estimate of drug-likeness (QED) is 0.897. The fourth-order valence-electron chi connectivity index (χ4n) is 2.76. The summed E-state index contributed by atoms with van der Waals surface area (Å²) < 4.78 is 0. The number of piperazine rings is 1. The molecule has 0 unspecified atom stereocenters. The molecule has 1 aliphatic heterocycles. The Kier molecular flexibility index (Phi) is 4.83. The van der Waals surface area contributed by atoms with E-state index in [0.29, 0.717) is 6.04 Å². The molecule has 3 nitrogen and oxygen atoms in total. The van der Waals surface area contributed by atoms with Gasteiger partial charge in [-0.3, -0.25) is 4.90 Å². The van der Waals surface area contributed by atoms with Gasteiger partial charge in [0.25, 0.3) is 0 Å². The molecule has 0 atom stereocenters. The normalized spacial score (nSPS) is 17.2. The molecule has 106 valence electrons. The third-order valence-electron chi connectivity index (χ3n) is 4.10. The van der Waals surface area contributed by atoms with Gasteiger partial charge >= 0.3 is 0 Å². The van der Waals surface area contributed by atoms with Crippen LogP contribution in [-0.2, 0) is 6.54 Å². The van der Waals surface area contributed by atoms with E-state index in [1.165, 1.54) is 29.9 Å². The van der Waals surface area contributed by atoms with Crippen LogP contribution in [0.25, 0.3) is 0 Å². The summed E-state index contributed by atoms with van der Waals surface area (Å²) in [6.07, 6.45) is 0. The first-order valence-corrected chi connectivity index (χ1v) is 7.35. The average Bonchev–Trinajstić information content (AvgIpc) is 2.41. The van der Waals surface area contributed by atoms with Gasteiger partial charge < -0.3 is 10.2 Å². The molecule has 1 heterocycles. The first kappa shape index (κ1) is 14.4. The number of nitrogens with one attached hydrogen (secondary N) is 1. The molecule has 0 aliphatic carbocycles. The van der Waals surface area contributed by atoms with Crippen LogP contribution in [0.2, 0.25) is 0 Å². The summed E-state index contributed by atoms with van der Waals surface area (Å²) in [6, 6.07) is 7.53. The van der Waals surface area contributed by atoms with E-state index in [-0.39, 0.29) is 0 Å². The van der Waals surface area contributed by atoms with Crippen molar-refractivity contribution < 1.29 is 0 Å². The zero-order valence-electron chi connectivity index (χ0n) is 12.7. The summed E-state index contributed by atoms with van der Waals surface area (Å²) in [5, 5.41) is 3.22. The van der Waals surface area contributed by atoms with Crippen molar-refractivity contribution in [3.05, 3.63) is 29.3 Å². The molecule has 19 heavy (non-hydrogen) atoms. The molecule has 1 N–H and O–H groups in total. The summed E-state index contributed by atoms with van der Waals surface area (Å²) >= 11 is 0. The second-order valence-electron chi connectivity index (χ2n) is 5.76. The zero-order chi connectivity index (χ0) is 13.8. The predicted octanol–water partition coefficient (Wildman–Crippen LogP) is 2.24. The Bertz CT molecular complexity index is 406. The second kappa shape index (κ2) is 6.40. The maximum Gasteiger partial charge on any atom is 0.0369 e. The van der Waals surface area contributed by atoms with E-state index in [4.69, 9.17) is 0 Å². The number of benzene rings is 1. The van der Waals surface area contributed by atoms with Crippen molar-refractivity contribution >= 4 is 5.69 Å². The van der Waals surface area contributed by atoms with Gasteiger partial charge in [0, 0.05) is 44.5 Å². The molecule has 0 bridgehead atoms. The number of rotatable bonds is 4. The minimum Gasteiger partial charge on any atom is -0.369 e. The standard InChI is InChI=1S/C16H27N3/c1-13(2)18-7-9-19(10-8-18)16-6-5-15(12-17-4)14(3)11-16/h5-6,11,13,17H,7-10,12H2,1-4H3. The molecule has 1 aromatic carbocycles. The van der Waals surface area contributed by atoms with E-state index < -0.39 is 0 Å². The molecule has 0 radical (unpaired) electrons. The largest absolute Gasteiger partial charge is 0.369 e. The Morgan fingerprint density at radius 1 is 1.16 bits per heavy atom. The monoisotopic (exact) mass is 261 g/mol. The fraction of sp³-hybridized carbons (Fsp3) is 0.625. The van der Waals surface area contributed by atoms with E-state index in [1.807, 2.05) is 7.05 Å². The SMILES string of the molecule is CNCc1ccc(N2CCN(C(C)C)CC2)cc1C. The van der Waals surface area contributed by atoms with Crippen LogP contribution in [0.3, 0.4) is 0 Å². The lowest BCUT2D eigenvalue weighted by atomic mass is 10.1. The maximum atomic E-state index is 3.22. The Morgan fingerprint density at radius 3 is 2.37 bits per heavy atom. The number of hydrogen-bond acceptors (Lipinski definition) is 3. The van der Waals surface area contributed by atoms with Crippen LogP contribution < -0.4 is 10.2 Å². The van der Waals surface area contributed by atoms with Crippen LogP contribution in [0.1, 0.15) is 25.0 Å².